The molecule has 6 heteroatoms. The molecule has 3 aromatic rings. The fourth-order valence-electron chi connectivity index (χ4n) is 2.90. The van der Waals surface area contributed by atoms with Crippen molar-refractivity contribution in [2.45, 2.75) is 18.7 Å². The average Bonchev–Trinajstić information content (AvgIpc) is 2.90. The zero-order chi connectivity index (χ0) is 21.0. The fraction of sp³-hybridized carbons (Fsp3) is 0.130. The maximum Gasteiger partial charge on any atom is 0.264 e. The lowest BCUT2D eigenvalue weighted by Gasteiger charge is -2.23. The van der Waals surface area contributed by atoms with Gasteiger partial charge in [0.1, 0.15) is 0 Å². The van der Waals surface area contributed by atoms with Crippen molar-refractivity contribution < 1.29 is 13.2 Å². The first-order valence-electron chi connectivity index (χ1n) is 9.08. The third kappa shape index (κ3) is 4.60. The van der Waals surface area contributed by atoms with Gasteiger partial charge in [-0.2, -0.15) is 0 Å². The molecule has 0 aliphatic carbocycles. The average molecular weight is 407 g/mol. The Hall–Kier alpha value is -3.25. The highest BCUT2D eigenvalue weighted by atomic mass is 32.2. The molecular weight excluding hydrogens is 386 g/mol. The van der Waals surface area contributed by atoms with E-state index >= 15 is 0 Å². The van der Waals surface area contributed by atoms with Crippen LogP contribution in [0, 0.1) is 13.8 Å². The summed E-state index contributed by atoms with van der Waals surface area (Å²) in [4.78, 5) is 25.5. The molecule has 0 saturated carbocycles. The summed E-state index contributed by atoms with van der Waals surface area (Å²) in [7, 11) is -4.12. The second-order valence-corrected chi connectivity index (χ2v) is 8.64. The Balaban J connectivity index is 2.12. The standard InChI is InChI=1S/C23H21NO4S/c1-17-11-13-20(14-12-17)29(27,28)24(21-9-4-3-5-10-22(21)25)16-23(26)19-8-6-7-18(2)15-19/h3-15H,16H2,1-2H3. The molecule has 0 aliphatic heterocycles. The number of nitrogens with zero attached hydrogens (tertiary/aromatic N) is 1. The van der Waals surface area contributed by atoms with E-state index in [-0.39, 0.29) is 10.6 Å². The van der Waals surface area contributed by atoms with Gasteiger partial charge in [0.05, 0.1) is 17.1 Å². The quantitative estimate of drug-likeness (QED) is 0.584. The van der Waals surface area contributed by atoms with Crippen molar-refractivity contribution in [3.05, 3.63) is 106 Å². The maximum atomic E-state index is 13.4. The predicted molar refractivity (Wildman–Crippen MR) is 114 cm³/mol. The molecule has 3 aromatic carbocycles. The first-order valence-corrected chi connectivity index (χ1v) is 10.5. The normalized spacial score (nSPS) is 11.1. The zero-order valence-corrected chi connectivity index (χ0v) is 17.0. The van der Waals surface area contributed by atoms with Crippen LogP contribution in [0.5, 0.6) is 0 Å². The van der Waals surface area contributed by atoms with Crippen molar-refractivity contribution in [3.63, 3.8) is 0 Å². The molecule has 3 rings (SSSR count). The predicted octanol–water partition coefficient (Wildman–Crippen LogP) is 3.74. The summed E-state index contributed by atoms with van der Waals surface area (Å²) in [6, 6.07) is 20.7. The number of anilines is 1. The molecule has 0 aliphatic rings. The lowest BCUT2D eigenvalue weighted by molar-refractivity contribution is 0.100. The van der Waals surface area contributed by atoms with Crippen LogP contribution in [0.2, 0.25) is 0 Å². The third-order valence-corrected chi connectivity index (χ3v) is 6.26. The Kier molecular flexibility index (Phi) is 5.94. The lowest BCUT2D eigenvalue weighted by Crippen LogP contribution is -2.38. The van der Waals surface area contributed by atoms with Crippen molar-refractivity contribution in [3.8, 4) is 0 Å². The van der Waals surface area contributed by atoms with Crippen LogP contribution in [0.25, 0.3) is 0 Å². The van der Waals surface area contributed by atoms with Crippen LogP contribution in [0.4, 0.5) is 5.69 Å². The van der Waals surface area contributed by atoms with E-state index in [0.717, 1.165) is 15.4 Å². The Labute approximate surface area is 170 Å². The molecule has 148 valence electrons. The topological polar surface area (TPSA) is 71.5 Å². The first kappa shape index (κ1) is 20.5. The summed E-state index contributed by atoms with van der Waals surface area (Å²) < 4.78 is 27.6. The smallest absolute Gasteiger partial charge is 0.264 e. The molecule has 5 nitrogen and oxygen atoms in total. The number of rotatable bonds is 6. The molecule has 0 saturated heterocycles. The molecule has 0 atom stereocenters. The molecule has 0 amide bonds. The third-order valence-electron chi connectivity index (χ3n) is 4.48. The van der Waals surface area contributed by atoms with E-state index in [4.69, 9.17) is 0 Å². The van der Waals surface area contributed by atoms with Gasteiger partial charge < -0.3 is 0 Å². The van der Waals surface area contributed by atoms with Gasteiger partial charge in [-0.1, -0.05) is 59.7 Å². The highest BCUT2D eigenvalue weighted by Crippen LogP contribution is 2.22. The number of hydrogen-bond acceptors (Lipinski definition) is 4. The maximum absolute atomic E-state index is 13.4. The second kappa shape index (κ2) is 8.41. The Morgan fingerprint density at radius 3 is 2.21 bits per heavy atom. The van der Waals surface area contributed by atoms with Crippen molar-refractivity contribution in [1.29, 1.82) is 0 Å². The summed E-state index contributed by atoms with van der Waals surface area (Å²) >= 11 is 0. The Bertz CT molecular complexity index is 1200. The minimum atomic E-state index is -4.12. The van der Waals surface area contributed by atoms with Crippen LogP contribution in [0.15, 0.2) is 88.6 Å². The number of ketones is 1. The zero-order valence-electron chi connectivity index (χ0n) is 16.2. The molecule has 0 unspecified atom stereocenters. The Morgan fingerprint density at radius 1 is 0.828 bits per heavy atom. The fourth-order valence-corrected chi connectivity index (χ4v) is 4.34. The van der Waals surface area contributed by atoms with Crippen LogP contribution in [-0.4, -0.2) is 20.7 Å². The molecule has 0 N–H and O–H groups in total. The van der Waals surface area contributed by atoms with E-state index in [2.05, 4.69) is 0 Å². The van der Waals surface area contributed by atoms with Crippen molar-refractivity contribution >= 4 is 21.5 Å². The molecule has 0 aromatic heterocycles. The van der Waals surface area contributed by atoms with Crippen molar-refractivity contribution in [2.24, 2.45) is 0 Å². The molecule has 0 spiro atoms. The summed E-state index contributed by atoms with van der Waals surface area (Å²) in [5, 5.41) is 0. The number of benzene rings is 2. The van der Waals surface area contributed by atoms with Gasteiger partial charge in [-0.05, 0) is 44.2 Å². The van der Waals surface area contributed by atoms with Crippen LogP contribution in [0.3, 0.4) is 0 Å². The van der Waals surface area contributed by atoms with Crippen LogP contribution in [0.1, 0.15) is 21.5 Å². The highest BCUT2D eigenvalue weighted by molar-refractivity contribution is 7.92. The Morgan fingerprint density at radius 2 is 1.52 bits per heavy atom. The first-order chi connectivity index (χ1) is 13.8. The van der Waals surface area contributed by atoms with E-state index in [1.54, 1.807) is 42.5 Å². The van der Waals surface area contributed by atoms with Gasteiger partial charge >= 0.3 is 0 Å². The van der Waals surface area contributed by atoms with Crippen molar-refractivity contribution in [1.82, 2.24) is 0 Å². The van der Waals surface area contributed by atoms with E-state index in [0.29, 0.717) is 5.56 Å². The lowest BCUT2D eigenvalue weighted by atomic mass is 10.1. The van der Waals surface area contributed by atoms with Crippen molar-refractivity contribution in [2.75, 3.05) is 10.8 Å². The largest absolute Gasteiger partial charge is 0.292 e. The number of sulfonamides is 1. The summed E-state index contributed by atoms with van der Waals surface area (Å²) in [5.41, 5.74) is 1.63. The van der Waals surface area contributed by atoms with Crippen LogP contribution < -0.4 is 9.73 Å². The molecule has 0 bridgehead atoms. The molecule has 0 fully saturated rings. The number of Topliss-reactive ketones (excluding diaryl/α,β-unsaturated/α-hetero) is 1. The van der Waals surface area contributed by atoms with Gasteiger partial charge in [0, 0.05) is 5.56 Å². The van der Waals surface area contributed by atoms with Gasteiger partial charge in [0.25, 0.3) is 10.0 Å². The monoisotopic (exact) mass is 407 g/mol. The van der Waals surface area contributed by atoms with E-state index in [1.807, 2.05) is 19.9 Å². The van der Waals surface area contributed by atoms with E-state index < -0.39 is 27.8 Å². The van der Waals surface area contributed by atoms with Gasteiger partial charge in [-0.3, -0.25) is 13.9 Å². The van der Waals surface area contributed by atoms with Gasteiger partial charge in [0.15, 0.2) is 5.78 Å². The molecule has 0 heterocycles. The minimum absolute atomic E-state index is 0.0195. The minimum Gasteiger partial charge on any atom is -0.292 e. The number of carbonyl (C=O) groups is 1. The molecule has 0 radical (unpaired) electrons. The number of hydrogen-bond donors (Lipinski definition) is 0. The number of aryl methyl sites for hydroxylation is 2. The number of carbonyl (C=O) groups excluding carboxylic acids is 1. The van der Waals surface area contributed by atoms with Gasteiger partial charge in [-0.25, -0.2) is 8.42 Å². The van der Waals surface area contributed by atoms with E-state index in [1.165, 1.54) is 30.3 Å². The van der Waals surface area contributed by atoms with Crippen LogP contribution in [-0.2, 0) is 10.0 Å². The highest BCUT2D eigenvalue weighted by Gasteiger charge is 2.28. The summed E-state index contributed by atoms with van der Waals surface area (Å²) in [5.74, 6) is -0.393. The van der Waals surface area contributed by atoms with E-state index in [9.17, 15) is 18.0 Å². The van der Waals surface area contributed by atoms with Crippen LogP contribution >= 0.6 is 0 Å². The SMILES string of the molecule is Cc1ccc(S(=O)(=O)N(CC(=O)c2cccc(C)c2)c2cccccc2=O)cc1. The summed E-state index contributed by atoms with van der Waals surface area (Å²) in [6.07, 6.45) is 0. The van der Waals surface area contributed by atoms with Gasteiger partial charge in [-0.15, -0.1) is 0 Å². The second-order valence-electron chi connectivity index (χ2n) is 6.78. The molecular formula is C23H21NO4S. The van der Waals surface area contributed by atoms with Gasteiger partial charge in [0.2, 0.25) is 5.43 Å². The molecule has 29 heavy (non-hydrogen) atoms. The summed E-state index contributed by atoms with van der Waals surface area (Å²) in [6.45, 7) is 3.23.